The molecule has 2 N–H and O–H groups in total. The van der Waals surface area contributed by atoms with Crippen LogP contribution in [-0.2, 0) is 0 Å². The van der Waals surface area contributed by atoms with E-state index in [1.54, 1.807) is 0 Å². The van der Waals surface area contributed by atoms with Crippen LogP contribution in [0.1, 0.15) is 6.92 Å². The van der Waals surface area contributed by atoms with Crippen molar-refractivity contribution in [2.45, 2.75) is 6.92 Å². The van der Waals surface area contributed by atoms with Crippen LogP contribution in [0.2, 0.25) is 0 Å². The summed E-state index contributed by atoms with van der Waals surface area (Å²) < 4.78 is 6.68. The van der Waals surface area contributed by atoms with Gasteiger partial charge in [-0.3, -0.25) is 4.90 Å². The van der Waals surface area contributed by atoms with E-state index in [-0.39, 0.29) is 0 Å². The molecule has 0 aliphatic heterocycles. The van der Waals surface area contributed by atoms with Gasteiger partial charge < -0.3 is 10.5 Å². The van der Waals surface area contributed by atoms with Crippen molar-refractivity contribution in [1.29, 1.82) is 0 Å². The average molecular weight is 317 g/mol. The Labute approximate surface area is 116 Å². The van der Waals surface area contributed by atoms with E-state index in [4.69, 9.17) is 22.7 Å². The van der Waals surface area contributed by atoms with E-state index in [0.717, 1.165) is 23.3 Å². The van der Waals surface area contributed by atoms with E-state index in [1.165, 1.54) is 0 Å². The van der Waals surface area contributed by atoms with Gasteiger partial charge in [0.15, 0.2) is 0 Å². The molecule has 5 heteroatoms. The number of thiocarbonyl (C=S) groups is 1. The second-order valence-corrected chi connectivity index (χ2v) is 5.08. The summed E-state index contributed by atoms with van der Waals surface area (Å²) in [6.45, 7) is 5.11. The first-order chi connectivity index (χ1) is 8.11. The van der Waals surface area contributed by atoms with Crippen molar-refractivity contribution in [2.75, 3.05) is 26.2 Å². The Morgan fingerprint density at radius 3 is 2.59 bits per heavy atom. The number of ether oxygens (including phenoxy) is 1. The zero-order chi connectivity index (χ0) is 12.7. The normalized spacial score (nSPS) is 10.5. The van der Waals surface area contributed by atoms with Gasteiger partial charge in [-0.25, -0.2) is 0 Å². The monoisotopic (exact) mass is 316 g/mol. The van der Waals surface area contributed by atoms with Gasteiger partial charge in [-0.05, 0) is 30.8 Å². The number of likely N-dealkylation sites (N-methyl/N-ethyl adjacent to an activating group) is 1. The summed E-state index contributed by atoms with van der Waals surface area (Å²) in [6, 6.07) is 7.80. The molecule has 0 bridgehead atoms. The van der Waals surface area contributed by atoms with E-state index in [2.05, 4.69) is 27.8 Å². The topological polar surface area (TPSA) is 38.5 Å². The second kappa shape index (κ2) is 7.63. The third kappa shape index (κ3) is 6.00. The van der Waals surface area contributed by atoms with Gasteiger partial charge in [-0.15, -0.1) is 0 Å². The average Bonchev–Trinajstić information content (AvgIpc) is 2.30. The first-order valence-electron chi connectivity index (χ1n) is 5.51. The maximum absolute atomic E-state index is 5.63. The molecule has 0 unspecified atom stereocenters. The van der Waals surface area contributed by atoms with Crippen molar-refractivity contribution in [3.8, 4) is 5.75 Å². The predicted molar refractivity (Wildman–Crippen MR) is 78.5 cm³/mol. The van der Waals surface area contributed by atoms with Crippen LogP contribution >= 0.6 is 28.1 Å². The van der Waals surface area contributed by atoms with Crippen LogP contribution < -0.4 is 10.5 Å². The number of nitrogens with two attached hydrogens (primary N) is 1. The minimum atomic E-state index is 0.524. The summed E-state index contributed by atoms with van der Waals surface area (Å²) in [4.78, 5) is 2.68. The second-order valence-electron chi connectivity index (χ2n) is 3.64. The predicted octanol–water partition coefficient (Wildman–Crippen LogP) is 2.44. The molecule has 1 rings (SSSR count). The van der Waals surface area contributed by atoms with Gasteiger partial charge in [0, 0.05) is 17.6 Å². The van der Waals surface area contributed by atoms with Crippen LogP contribution in [0.25, 0.3) is 0 Å². The Kier molecular flexibility index (Phi) is 6.47. The maximum atomic E-state index is 5.63. The summed E-state index contributed by atoms with van der Waals surface area (Å²) >= 11 is 8.27. The van der Waals surface area contributed by atoms with Crippen molar-refractivity contribution in [3.63, 3.8) is 0 Å². The molecule has 0 atom stereocenters. The summed E-state index contributed by atoms with van der Waals surface area (Å²) in [7, 11) is 0. The lowest BCUT2D eigenvalue weighted by atomic mass is 10.3. The van der Waals surface area contributed by atoms with Crippen LogP contribution in [0.3, 0.4) is 0 Å². The molecule has 0 aliphatic carbocycles. The highest BCUT2D eigenvalue weighted by molar-refractivity contribution is 9.10. The maximum Gasteiger partial charge on any atom is 0.119 e. The molecule has 0 radical (unpaired) electrons. The first-order valence-corrected chi connectivity index (χ1v) is 6.71. The Morgan fingerprint density at radius 1 is 1.41 bits per heavy atom. The highest BCUT2D eigenvalue weighted by Gasteiger charge is 2.03. The number of benzene rings is 1. The lowest BCUT2D eigenvalue weighted by Gasteiger charge is -2.19. The molecule has 1 aromatic rings. The number of halogens is 1. The molecule has 0 saturated carbocycles. The zero-order valence-electron chi connectivity index (χ0n) is 9.86. The first kappa shape index (κ1) is 14.4. The SMILES string of the molecule is CCN(CCOc1ccc(Br)cc1)CC(N)=S. The summed E-state index contributed by atoms with van der Waals surface area (Å²) in [5.74, 6) is 0.875. The van der Waals surface area contributed by atoms with E-state index >= 15 is 0 Å². The fourth-order valence-corrected chi connectivity index (χ4v) is 1.84. The molecule has 0 spiro atoms. The quantitative estimate of drug-likeness (QED) is 0.784. The van der Waals surface area contributed by atoms with E-state index in [1.807, 2.05) is 24.3 Å². The largest absolute Gasteiger partial charge is 0.492 e. The highest BCUT2D eigenvalue weighted by Crippen LogP contribution is 2.15. The summed E-state index contributed by atoms with van der Waals surface area (Å²) in [5, 5.41) is 0. The molecular weight excluding hydrogens is 300 g/mol. The number of hydrogen-bond acceptors (Lipinski definition) is 3. The minimum Gasteiger partial charge on any atom is -0.492 e. The molecule has 1 aromatic carbocycles. The molecule has 0 amide bonds. The Morgan fingerprint density at radius 2 is 2.06 bits per heavy atom. The summed E-state index contributed by atoms with van der Waals surface area (Å²) in [5.41, 5.74) is 5.51. The molecule has 0 aromatic heterocycles. The lowest BCUT2D eigenvalue weighted by molar-refractivity contribution is 0.234. The third-order valence-electron chi connectivity index (χ3n) is 2.32. The molecule has 0 fully saturated rings. The molecule has 94 valence electrons. The number of rotatable bonds is 7. The van der Waals surface area contributed by atoms with E-state index in [9.17, 15) is 0 Å². The van der Waals surface area contributed by atoms with Gasteiger partial charge >= 0.3 is 0 Å². The van der Waals surface area contributed by atoms with E-state index in [0.29, 0.717) is 18.1 Å². The molecule has 3 nitrogen and oxygen atoms in total. The Bertz CT molecular complexity index is 356. The smallest absolute Gasteiger partial charge is 0.119 e. The van der Waals surface area contributed by atoms with Crippen LogP contribution in [-0.4, -0.2) is 36.1 Å². The van der Waals surface area contributed by atoms with Gasteiger partial charge in [0.25, 0.3) is 0 Å². The number of nitrogens with zero attached hydrogens (tertiary/aromatic N) is 1. The van der Waals surface area contributed by atoms with Crippen molar-refractivity contribution in [2.24, 2.45) is 5.73 Å². The molecule has 17 heavy (non-hydrogen) atoms. The van der Waals surface area contributed by atoms with Crippen LogP contribution in [0.5, 0.6) is 5.75 Å². The zero-order valence-corrected chi connectivity index (χ0v) is 12.3. The molecule has 0 heterocycles. The fraction of sp³-hybridized carbons (Fsp3) is 0.417. The van der Waals surface area contributed by atoms with Gasteiger partial charge in [-0.1, -0.05) is 35.1 Å². The summed E-state index contributed by atoms with van der Waals surface area (Å²) in [6.07, 6.45) is 0. The van der Waals surface area contributed by atoms with Crippen LogP contribution in [0.4, 0.5) is 0 Å². The van der Waals surface area contributed by atoms with Gasteiger partial charge in [0.2, 0.25) is 0 Å². The Hall–Kier alpha value is -0.650. The highest BCUT2D eigenvalue weighted by atomic mass is 79.9. The van der Waals surface area contributed by atoms with Crippen molar-refractivity contribution >= 4 is 33.1 Å². The standard InChI is InChI=1S/C12H17BrN2OS/c1-2-15(9-12(14)17)7-8-16-11-5-3-10(13)4-6-11/h3-6H,2,7-9H2,1H3,(H2,14,17). The molecular formula is C12H17BrN2OS. The van der Waals surface area contributed by atoms with Crippen molar-refractivity contribution in [3.05, 3.63) is 28.7 Å². The van der Waals surface area contributed by atoms with Crippen molar-refractivity contribution < 1.29 is 4.74 Å². The fourth-order valence-electron chi connectivity index (χ4n) is 1.39. The molecule has 0 aliphatic rings. The lowest BCUT2D eigenvalue weighted by Crippen LogP contribution is -2.35. The van der Waals surface area contributed by atoms with E-state index < -0.39 is 0 Å². The van der Waals surface area contributed by atoms with Gasteiger partial charge in [0.05, 0.1) is 4.99 Å². The molecule has 0 saturated heterocycles. The third-order valence-corrected chi connectivity index (χ3v) is 2.97. The van der Waals surface area contributed by atoms with Crippen molar-refractivity contribution in [1.82, 2.24) is 4.90 Å². The number of hydrogen-bond donors (Lipinski definition) is 1. The van der Waals surface area contributed by atoms with Gasteiger partial charge in [-0.2, -0.15) is 0 Å². The Balaban J connectivity index is 2.30. The van der Waals surface area contributed by atoms with Crippen LogP contribution in [0.15, 0.2) is 28.7 Å². The minimum absolute atomic E-state index is 0.524. The van der Waals surface area contributed by atoms with Crippen LogP contribution in [0, 0.1) is 0 Å². The van der Waals surface area contributed by atoms with Gasteiger partial charge in [0.1, 0.15) is 12.4 Å².